The highest BCUT2D eigenvalue weighted by molar-refractivity contribution is 7.92. The number of ether oxygens (including phenoxy) is 1. The molecule has 180 valence electrons. The monoisotopic (exact) mass is 481 g/mol. The summed E-state index contributed by atoms with van der Waals surface area (Å²) in [6, 6.07) is 20.8. The fraction of sp³-hybridized carbons (Fsp3) is 0.269. The number of carbonyl (C=O) groups is 1. The van der Waals surface area contributed by atoms with Crippen molar-refractivity contribution in [3.63, 3.8) is 0 Å². The van der Waals surface area contributed by atoms with Gasteiger partial charge >= 0.3 is 0 Å². The minimum atomic E-state index is -3.68. The minimum absolute atomic E-state index is 0.219. The van der Waals surface area contributed by atoms with Crippen LogP contribution in [0.2, 0.25) is 0 Å². The van der Waals surface area contributed by atoms with E-state index in [9.17, 15) is 13.2 Å². The van der Waals surface area contributed by atoms with Gasteiger partial charge in [0.15, 0.2) is 0 Å². The van der Waals surface area contributed by atoms with Crippen LogP contribution in [-0.4, -0.2) is 53.5 Å². The summed E-state index contributed by atoms with van der Waals surface area (Å²) >= 11 is 0. The number of hydrogen-bond donors (Lipinski definition) is 1. The first-order valence-electron chi connectivity index (χ1n) is 11.0. The molecule has 3 aromatic carbocycles. The molecule has 0 fully saturated rings. The average molecular weight is 482 g/mol. The Balaban J connectivity index is 1.57. The molecule has 0 spiro atoms. The second-order valence-corrected chi connectivity index (χ2v) is 10.3. The van der Waals surface area contributed by atoms with Crippen LogP contribution in [0.15, 0.2) is 77.7 Å². The van der Waals surface area contributed by atoms with Crippen molar-refractivity contribution >= 4 is 21.6 Å². The third-order valence-corrected chi connectivity index (χ3v) is 7.16. The smallest absolute Gasteiger partial charge is 0.264 e. The van der Waals surface area contributed by atoms with E-state index in [-0.39, 0.29) is 10.8 Å². The standard InChI is InChI=1S/C26H31N3O4S/c1-20-5-15-25(16-6-20)34(31,32)29(4)23-11-9-22(10-12-23)26(30)27-19-21-7-13-24(14-8-21)33-18-17-28(2)3/h5-16H,17-19H2,1-4H3,(H,27,30). The molecule has 34 heavy (non-hydrogen) atoms. The average Bonchev–Trinajstić information content (AvgIpc) is 2.83. The number of benzene rings is 3. The third kappa shape index (κ3) is 6.59. The lowest BCUT2D eigenvalue weighted by Crippen LogP contribution is -2.27. The number of sulfonamides is 1. The highest BCUT2D eigenvalue weighted by atomic mass is 32.2. The molecule has 1 N–H and O–H groups in total. The van der Waals surface area contributed by atoms with E-state index in [1.54, 1.807) is 48.5 Å². The lowest BCUT2D eigenvalue weighted by Gasteiger charge is -2.20. The van der Waals surface area contributed by atoms with Crippen LogP contribution in [-0.2, 0) is 16.6 Å². The van der Waals surface area contributed by atoms with Crippen LogP contribution in [0.1, 0.15) is 21.5 Å². The van der Waals surface area contributed by atoms with Gasteiger partial charge in [0, 0.05) is 25.7 Å². The Bertz CT molecular complexity index is 1190. The first-order chi connectivity index (χ1) is 16.2. The molecule has 0 heterocycles. The van der Waals surface area contributed by atoms with Gasteiger partial charge in [-0.3, -0.25) is 9.10 Å². The number of hydrogen-bond acceptors (Lipinski definition) is 5. The van der Waals surface area contributed by atoms with Crippen LogP contribution < -0.4 is 14.4 Å². The van der Waals surface area contributed by atoms with Gasteiger partial charge in [-0.1, -0.05) is 29.8 Å². The quantitative estimate of drug-likeness (QED) is 0.478. The number of aryl methyl sites for hydroxylation is 1. The van der Waals surface area contributed by atoms with E-state index in [1.807, 2.05) is 45.3 Å². The summed E-state index contributed by atoms with van der Waals surface area (Å²) in [5, 5.41) is 2.88. The first kappa shape index (κ1) is 25.3. The Morgan fingerprint density at radius 1 is 0.882 bits per heavy atom. The predicted molar refractivity (Wildman–Crippen MR) is 135 cm³/mol. The molecular formula is C26H31N3O4S. The molecule has 0 aliphatic heterocycles. The minimum Gasteiger partial charge on any atom is -0.492 e. The summed E-state index contributed by atoms with van der Waals surface area (Å²) in [6.07, 6.45) is 0. The van der Waals surface area contributed by atoms with Gasteiger partial charge in [0.05, 0.1) is 10.6 Å². The van der Waals surface area contributed by atoms with Gasteiger partial charge in [0.25, 0.3) is 15.9 Å². The van der Waals surface area contributed by atoms with Crippen molar-refractivity contribution in [1.29, 1.82) is 0 Å². The van der Waals surface area contributed by atoms with E-state index in [0.29, 0.717) is 24.4 Å². The Labute approximate surface area is 202 Å². The van der Waals surface area contributed by atoms with E-state index in [2.05, 4.69) is 10.2 Å². The summed E-state index contributed by atoms with van der Waals surface area (Å²) in [4.78, 5) is 14.8. The van der Waals surface area contributed by atoms with Crippen molar-refractivity contribution in [2.45, 2.75) is 18.4 Å². The van der Waals surface area contributed by atoms with Crippen molar-refractivity contribution in [3.05, 3.63) is 89.5 Å². The Hall–Kier alpha value is -3.36. The lowest BCUT2D eigenvalue weighted by molar-refractivity contribution is 0.0951. The summed E-state index contributed by atoms with van der Waals surface area (Å²) in [5.41, 5.74) is 2.87. The maximum atomic E-state index is 12.9. The first-order valence-corrected chi connectivity index (χ1v) is 12.4. The van der Waals surface area contributed by atoms with E-state index >= 15 is 0 Å². The molecule has 0 aromatic heterocycles. The normalized spacial score (nSPS) is 11.3. The fourth-order valence-corrected chi connectivity index (χ4v) is 4.36. The topological polar surface area (TPSA) is 79.0 Å². The second kappa shape index (κ2) is 11.2. The van der Waals surface area contributed by atoms with Crippen LogP contribution in [0.5, 0.6) is 5.75 Å². The molecule has 0 bridgehead atoms. The zero-order valence-corrected chi connectivity index (χ0v) is 20.8. The van der Waals surface area contributed by atoms with Crippen LogP contribution in [0.25, 0.3) is 0 Å². The van der Waals surface area contributed by atoms with Gasteiger partial charge in [-0.05, 0) is 75.1 Å². The van der Waals surface area contributed by atoms with E-state index in [0.717, 1.165) is 23.4 Å². The molecular weight excluding hydrogens is 450 g/mol. The Kier molecular flexibility index (Phi) is 8.31. The van der Waals surface area contributed by atoms with Gasteiger partial charge in [0.2, 0.25) is 0 Å². The van der Waals surface area contributed by atoms with Crippen LogP contribution in [0.4, 0.5) is 5.69 Å². The Morgan fingerprint density at radius 2 is 1.50 bits per heavy atom. The molecule has 0 unspecified atom stereocenters. The van der Waals surface area contributed by atoms with Crippen molar-refractivity contribution in [2.24, 2.45) is 0 Å². The third-order valence-electron chi connectivity index (χ3n) is 5.36. The molecule has 0 aliphatic carbocycles. The molecule has 0 aliphatic rings. The largest absolute Gasteiger partial charge is 0.492 e. The van der Waals surface area contributed by atoms with E-state index < -0.39 is 10.0 Å². The SMILES string of the molecule is Cc1ccc(S(=O)(=O)N(C)c2ccc(C(=O)NCc3ccc(OCCN(C)C)cc3)cc2)cc1. The highest BCUT2D eigenvalue weighted by Gasteiger charge is 2.21. The molecule has 0 saturated heterocycles. The maximum Gasteiger partial charge on any atom is 0.264 e. The Morgan fingerprint density at radius 3 is 2.09 bits per heavy atom. The van der Waals surface area contributed by atoms with E-state index in [1.165, 1.54) is 11.4 Å². The molecule has 3 rings (SSSR count). The molecule has 1 amide bonds. The molecule has 7 nitrogen and oxygen atoms in total. The summed E-state index contributed by atoms with van der Waals surface area (Å²) < 4.78 is 32.6. The fourth-order valence-electron chi connectivity index (χ4n) is 3.16. The zero-order valence-electron chi connectivity index (χ0n) is 20.0. The maximum absolute atomic E-state index is 12.9. The number of nitrogens with zero attached hydrogens (tertiary/aromatic N) is 2. The predicted octanol–water partition coefficient (Wildman–Crippen LogP) is 3.69. The van der Waals surface area contributed by atoms with Crippen molar-refractivity contribution in [2.75, 3.05) is 38.6 Å². The van der Waals surface area contributed by atoms with Crippen LogP contribution in [0.3, 0.4) is 0 Å². The van der Waals surface area contributed by atoms with Gasteiger partial charge in [-0.15, -0.1) is 0 Å². The van der Waals surface area contributed by atoms with Gasteiger partial charge in [-0.2, -0.15) is 0 Å². The number of amides is 1. The molecule has 0 radical (unpaired) electrons. The van der Waals surface area contributed by atoms with Crippen molar-refractivity contribution < 1.29 is 17.9 Å². The van der Waals surface area contributed by atoms with Crippen molar-refractivity contribution in [1.82, 2.24) is 10.2 Å². The van der Waals surface area contributed by atoms with Crippen LogP contribution >= 0.6 is 0 Å². The van der Waals surface area contributed by atoms with Gasteiger partial charge in [0.1, 0.15) is 12.4 Å². The summed E-state index contributed by atoms with van der Waals surface area (Å²) in [7, 11) is 1.80. The summed E-state index contributed by atoms with van der Waals surface area (Å²) in [5.74, 6) is 0.555. The molecule has 0 atom stereocenters. The molecule has 8 heteroatoms. The number of anilines is 1. The lowest BCUT2D eigenvalue weighted by atomic mass is 10.1. The summed E-state index contributed by atoms with van der Waals surface area (Å²) in [6.45, 7) is 3.73. The highest BCUT2D eigenvalue weighted by Crippen LogP contribution is 2.23. The number of rotatable bonds is 10. The molecule has 3 aromatic rings. The van der Waals surface area contributed by atoms with Gasteiger partial charge < -0.3 is 15.0 Å². The molecule has 0 saturated carbocycles. The van der Waals surface area contributed by atoms with Crippen LogP contribution in [0, 0.1) is 6.92 Å². The van der Waals surface area contributed by atoms with Gasteiger partial charge in [-0.25, -0.2) is 8.42 Å². The van der Waals surface area contributed by atoms with E-state index in [4.69, 9.17) is 4.74 Å². The van der Waals surface area contributed by atoms with Crippen molar-refractivity contribution in [3.8, 4) is 5.75 Å². The number of nitrogens with one attached hydrogen (secondary N) is 1. The number of carbonyl (C=O) groups excluding carboxylic acids is 1. The zero-order chi connectivity index (χ0) is 24.7. The number of likely N-dealkylation sites (N-methyl/N-ethyl adjacent to an activating group) is 1. The second-order valence-electron chi connectivity index (χ2n) is 8.31.